The number of aldehydes is 1. The average Bonchev–Trinajstić information content (AvgIpc) is 2.40. The number of hydrogen-bond donors (Lipinski definition) is 0. The summed E-state index contributed by atoms with van der Waals surface area (Å²) in [4.78, 5) is 10.7. The highest BCUT2D eigenvalue weighted by Gasteiger charge is 2.02. The molecule has 1 aromatic rings. The molecule has 0 saturated carbocycles. The van der Waals surface area contributed by atoms with E-state index in [2.05, 4.69) is 32.0 Å². The maximum atomic E-state index is 10.7. The molecule has 0 aliphatic rings. The van der Waals surface area contributed by atoms with Crippen LogP contribution in [0.5, 0.6) is 0 Å². The molecule has 0 unspecified atom stereocenters. The fraction of sp³-hybridized carbons (Fsp3) is 0.611. The predicted molar refractivity (Wildman–Crippen MR) is 82.7 cm³/mol. The van der Waals surface area contributed by atoms with Crippen molar-refractivity contribution in [1.82, 2.24) is 0 Å². The quantitative estimate of drug-likeness (QED) is 0.432. The van der Waals surface area contributed by atoms with Gasteiger partial charge in [-0.25, -0.2) is 0 Å². The van der Waals surface area contributed by atoms with Crippen LogP contribution in [-0.2, 0) is 24.1 Å². The minimum atomic E-state index is 0.558. The van der Waals surface area contributed by atoms with Gasteiger partial charge in [-0.05, 0) is 42.4 Å². The molecule has 0 spiro atoms. The number of aryl methyl sites for hydroxylation is 2. The zero-order chi connectivity index (χ0) is 13.9. The van der Waals surface area contributed by atoms with Crippen LogP contribution < -0.4 is 0 Å². The van der Waals surface area contributed by atoms with Crippen molar-refractivity contribution in [2.75, 3.05) is 0 Å². The van der Waals surface area contributed by atoms with Crippen molar-refractivity contribution in [1.29, 1.82) is 0 Å². The van der Waals surface area contributed by atoms with E-state index in [1.54, 1.807) is 0 Å². The minimum Gasteiger partial charge on any atom is -0.303 e. The molecule has 0 atom stereocenters. The van der Waals surface area contributed by atoms with E-state index in [0.29, 0.717) is 6.42 Å². The second-order valence-corrected chi connectivity index (χ2v) is 5.44. The third-order valence-electron chi connectivity index (χ3n) is 3.57. The van der Waals surface area contributed by atoms with Crippen LogP contribution in [0.4, 0.5) is 0 Å². The highest BCUT2D eigenvalue weighted by Crippen LogP contribution is 2.16. The molecule has 0 amide bonds. The van der Waals surface area contributed by atoms with Crippen molar-refractivity contribution in [3.63, 3.8) is 0 Å². The topological polar surface area (TPSA) is 17.1 Å². The average molecular weight is 260 g/mol. The van der Waals surface area contributed by atoms with Gasteiger partial charge in [-0.15, -0.1) is 0 Å². The highest BCUT2D eigenvalue weighted by atomic mass is 16.1. The van der Waals surface area contributed by atoms with Gasteiger partial charge in [0, 0.05) is 6.42 Å². The van der Waals surface area contributed by atoms with Gasteiger partial charge < -0.3 is 4.79 Å². The SMILES string of the molecule is CCCCCc1cc(CC=O)cc(CCCCC)c1. The van der Waals surface area contributed by atoms with Crippen molar-refractivity contribution in [3.8, 4) is 0 Å². The molecule has 0 aliphatic carbocycles. The maximum Gasteiger partial charge on any atom is 0.124 e. The first kappa shape index (κ1) is 15.9. The van der Waals surface area contributed by atoms with Crippen LogP contribution in [-0.4, -0.2) is 6.29 Å². The molecular weight excluding hydrogens is 232 g/mol. The van der Waals surface area contributed by atoms with Crippen molar-refractivity contribution in [2.45, 2.75) is 71.6 Å². The number of hydrogen-bond acceptors (Lipinski definition) is 1. The Morgan fingerprint density at radius 3 is 1.68 bits per heavy atom. The summed E-state index contributed by atoms with van der Waals surface area (Å²) in [5, 5.41) is 0. The number of benzene rings is 1. The fourth-order valence-electron chi connectivity index (χ4n) is 2.50. The number of rotatable bonds is 10. The van der Waals surface area contributed by atoms with Gasteiger partial charge in [0.25, 0.3) is 0 Å². The molecule has 0 heterocycles. The van der Waals surface area contributed by atoms with Crippen LogP contribution >= 0.6 is 0 Å². The monoisotopic (exact) mass is 260 g/mol. The summed E-state index contributed by atoms with van der Waals surface area (Å²) in [7, 11) is 0. The normalized spacial score (nSPS) is 10.6. The first-order chi connectivity index (χ1) is 9.30. The van der Waals surface area contributed by atoms with Gasteiger partial charge in [0.15, 0.2) is 0 Å². The van der Waals surface area contributed by atoms with Gasteiger partial charge in [0.2, 0.25) is 0 Å². The van der Waals surface area contributed by atoms with E-state index in [-0.39, 0.29) is 0 Å². The number of unbranched alkanes of at least 4 members (excludes halogenated alkanes) is 4. The van der Waals surface area contributed by atoms with Crippen LogP contribution in [0.15, 0.2) is 18.2 Å². The molecule has 0 N–H and O–H groups in total. The molecule has 106 valence electrons. The van der Waals surface area contributed by atoms with Crippen LogP contribution in [0.3, 0.4) is 0 Å². The van der Waals surface area contributed by atoms with Crippen molar-refractivity contribution < 1.29 is 4.79 Å². The minimum absolute atomic E-state index is 0.558. The largest absolute Gasteiger partial charge is 0.303 e. The van der Waals surface area contributed by atoms with E-state index < -0.39 is 0 Å². The van der Waals surface area contributed by atoms with Gasteiger partial charge in [0.05, 0.1) is 0 Å². The summed E-state index contributed by atoms with van der Waals surface area (Å²) in [6.07, 6.45) is 11.5. The summed E-state index contributed by atoms with van der Waals surface area (Å²) >= 11 is 0. The van der Waals surface area contributed by atoms with Gasteiger partial charge >= 0.3 is 0 Å². The molecular formula is C18H28O. The van der Waals surface area contributed by atoms with Crippen molar-refractivity contribution in [3.05, 3.63) is 34.9 Å². The van der Waals surface area contributed by atoms with E-state index in [9.17, 15) is 4.79 Å². The smallest absolute Gasteiger partial charge is 0.124 e. The van der Waals surface area contributed by atoms with Crippen molar-refractivity contribution >= 4 is 6.29 Å². The summed E-state index contributed by atoms with van der Waals surface area (Å²) in [5.74, 6) is 0. The third kappa shape index (κ3) is 6.56. The first-order valence-corrected chi connectivity index (χ1v) is 7.85. The fourth-order valence-corrected chi connectivity index (χ4v) is 2.50. The Morgan fingerprint density at radius 2 is 1.26 bits per heavy atom. The standard InChI is InChI=1S/C18H28O/c1-3-5-7-9-16-13-17(10-8-6-4-2)15-18(14-16)11-12-19/h12-15H,3-11H2,1-2H3. The lowest BCUT2D eigenvalue weighted by molar-refractivity contribution is -0.107. The molecule has 0 fully saturated rings. The molecule has 1 nitrogen and oxygen atoms in total. The molecule has 1 heteroatoms. The zero-order valence-corrected chi connectivity index (χ0v) is 12.6. The zero-order valence-electron chi connectivity index (χ0n) is 12.6. The molecule has 0 aromatic heterocycles. The Morgan fingerprint density at radius 1 is 0.789 bits per heavy atom. The van der Waals surface area contributed by atoms with Gasteiger partial charge in [-0.1, -0.05) is 57.7 Å². The molecule has 0 saturated heterocycles. The molecule has 1 aromatic carbocycles. The molecule has 19 heavy (non-hydrogen) atoms. The Hall–Kier alpha value is -1.11. The Kier molecular flexibility index (Phi) is 8.20. The van der Waals surface area contributed by atoms with Crippen molar-refractivity contribution in [2.24, 2.45) is 0 Å². The number of carbonyl (C=O) groups excluding carboxylic acids is 1. The van der Waals surface area contributed by atoms with Crippen LogP contribution in [0.2, 0.25) is 0 Å². The van der Waals surface area contributed by atoms with Crippen LogP contribution in [0.25, 0.3) is 0 Å². The molecule has 1 rings (SSSR count). The van der Waals surface area contributed by atoms with E-state index in [1.165, 1.54) is 55.2 Å². The van der Waals surface area contributed by atoms with E-state index >= 15 is 0 Å². The number of carbonyl (C=O) groups is 1. The Bertz CT molecular complexity index is 340. The molecule has 0 aliphatic heterocycles. The lowest BCUT2D eigenvalue weighted by Crippen LogP contribution is -1.96. The Balaban J connectivity index is 2.68. The summed E-state index contributed by atoms with van der Waals surface area (Å²) < 4.78 is 0. The van der Waals surface area contributed by atoms with Crippen LogP contribution in [0, 0.1) is 0 Å². The van der Waals surface area contributed by atoms with Crippen LogP contribution in [0.1, 0.15) is 69.1 Å². The van der Waals surface area contributed by atoms with E-state index in [1.807, 2.05) is 0 Å². The van der Waals surface area contributed by atoms with Gasteiger partial charge in [0.1, 0.15) is 6.29 Å². The third-order valence-corrected chi connectivity index (χ3v) is 3.57. The highest BCUT2D eigenvalue weighted by molar-refractivity contribution is 5.55. The molecule has 0 bridgehead atoms. The summed E-state index contributed by atoms with van der Waals surface area (Å²) in [5.41, 5.74) is 4.02. The van der Waals surface area contributed by atoms with E-state index in [0.717, 1.165) is 19.1 Å². The lowest BCUT2D eigenvalue weighted by Gasteiger charge is -2.08. The maximum absolute atomic E-state index is 10.7. The lowest BCUT2D eigenvalue weighted by atomic mass is 9.97. The Labute approximate surface area is 118 Å². The molecule has 0 radical (unpaired) electrons. The second kappa shape index (κ2) is 9.77. The first-order valence-electron chi connectivity index (χ1n) is 7.85. The van der Waals surface area contributed by atoms with Gasteiger partial charge in [-0.3, -0.25) is 0 Å². The predicted octanol–water partition coefficient (Wildman–Crippen LogP) is 4.89. The second-order valence-electron chi connectivity index (χ2n) is 5.44. The summed E-state index contributed by atoms with van der Waals surface area (Å²) in [6, 6.07) is 6.78. The summed E-state index contributed by atoms with van der Waals surface area (Å²) in [6.45, 7) is 4.47. The van der Waals surface area contributed by atoms with Gasteiger partial charge in [-0.2, -0.15) is 0 Å². The van der Waals surface area contributed by atoms with E-state index in [4.69, 9.17) is 0 Å².